The summed E-state index contributed by atoms with van der Waals surface area (Å²) in [6.07, 6.45) is 0.971. The molecule has 1 amide bonds. The molecule has 0 fully saturated rings. The molecule has 1 unspecified atom stereocenters. The van der Waals surface area contributed by atoms with Gasteiger partial charge in [0, 0.05) is 12.6 Å². The molecule has 20 heavy (non-hydrogen) atoms. The minimum atomic E-state index is -0.355. The van der Waals surface area contributed by atoms with E-state index in [1.807, 2.05) is 0 Å². The van der Waals surface area contributed by atoms with Crippen molar-refractivity contribution < 1.29 is 9.53 Å². The van der Waals surface area contributed by atoms with E-state index in [2.05, 4.69) is 24.5 Å². The van der Waals surface area contributed by atoms with Crippen molar-refractivity contribution in [2.75, 3.05) is 19.0 Å². The van der Waals surface area contributed by atoms with Crippen LogP contribution in [0, 0.1) is 5.92 Å². The van der Waals surface area contributed by atoms with Gasteiger partial charge in [0.1, 0.15) is 11.8 Å². The second kappa shape index (κ2) is 8.00. The van der Waals surface area contributed by atoms with Crippen LogP contribution < -0.4 is 15.4 Å². The zero-order chi connectivity index (χ0) is 15.1. The van der Waals surface area contributed by atoms with Crippen molar-refractivity contribution in [3.05, 3.63) is 23.2 Å². The SMILES string of the molecule is COc1ccc(Cl)c(NC(C)C(=O)NCCC(C)C)c1. The van der Waals surface area contributed by atoms with E-state index >= 15 is 0 Å². The maximum absolute atomic E-state index is 11.9. The molecule has 0 heterocycles. The third kappa shape index (κ3) is 5.29. The third-order valence-electron chi connectivity index (χ3n) is 2.96. The van der Waals surface area contributed by atoms with Crippen molar-refractivity contribution >= 4 is 23.2 Å². The number of nitrogens with one attached hydrogen (secondary N) is 2. The summed E-state index contributed by atoms with van der Waals surface area (Å²) in [4.78, 5) is 11.9. The third-order valence-corrected chi connectivity index (χ3v) is 3.29. The lowest BCUT2D eigenvalue weighted by Gasteiger charge is -2.17. The van der Waals surface area contributed by atoms with Crippen molar-refractivity contribution in [3.63, 3.8) is 0 Å². The first-order valence-corrected chi connectivity index (χ1v) is 7.19. The number of hydrogen-bond donors (Lipinski definition) is 2. The van der Waals surface area contributed by atoms with Gasteiger partial charge in [0.15, 0.2) is 0 Å². The molecule has 0 spiro atoms. The molecule has 1 aromatic carbocycles. The van der Waals surface area contributed by atoms with Crippen LogP contribution in [-0.2, 0) is 4.79 Å². The van der Waals surface area contributed by atoms with Crippen LogP contribution in [-0.4, -0.2) is 25.6 Å². The van der Waals surface area contributed by atoms with E-state index in [4.69, 9.17) is 16.3 Å². The standard InChI is InChI=1S/C15H23ClN2O2/c1-10(2)7-8-17-15(19)11(3)18-14-9-12(20-4)5-6-13(14)16/h5-6,9-11,18H,7-8H2,1-4H3,(H,17,19). The molecule has 0 radical (unpaired) electrons. The molecule has 0 saturated carbocycles. The van der Waals surface area contributed by atoms with Crippen molar-refractivity contribution in [3.8, 4) is 5.75 Å². The van der Waals surface area contributed by atoms with Gasteiger partial charge in [-0.05, 0) is 31.4 Å². The Labute approximate surface area is 125 Å². The fourth-order valence-electron chi connectivity index (χ4n) is 1.68. The molecule has 1 atom stereocenters. The largest absolute Gasteiger partial charge is 0.497 e. The summed E-state index contributed by atoms with van der Waals surface area (Å²) in [6.45, 7) is 6.75. The normalized spacial score (nSPS) is 12.1. The number of methoxy groups -OCH3 is 1. The van der Waals surface area contributed by atoms with E-state index in [1.165, 1.54) is 0 Å². The molecule has 0 aliphatic rings. The van der Waals surface area contributed by atoms with Crippen molar-refractivity contribution in [1.29, 1.82) is 0 Å². The van der Waals surface area contributed by atoms with Crippen molar-refractivity contribution in [2.24, 2.45) is 5.92 Å². The molecular weight excluding hydrogens is 276 g/mol. The molecule has 0 bridgehead atoms. The highest BCUT2D eigenvalue weighted by Gasteiger charge is 2.14. The fraction of sp³-hybridized carbons (Fsp3) is 0.533. The average molecular weight is 299 g/mol. The van der Waals surface area contributed by atoms with Crippen LogP contribution in [0.15, 0.2) is 18.2 Å². The van der Waals surface area contributed by atoms with Gasteiger partial charge < -0.3 is 15.4 Å². The number of rotatable bonds is 7. The van der Waals surface area contributed by atoms with Gasteiger partial charge >= 0.3 is 0 Å². The second-order valence-electron chi connectivity index (χ2n) is 5.19. The summed E-state index contributed by atoms with van der Waals surface area (Å²) in [5, 5.41) is 6.57. The topological polar surface area (TPSA) is 50.4 Å². The Kier molecular flexibility index (Phi) is 6.65. The molecule has 0 saturated heterocycles. The molecule has 1 aromatic rings. The number of amides is 1. The smallest absolute Gasteiger partial charge is 0.242 e. The lowest BCUT2D eigenvalue weighted by Crippen LogP contribution is -2.38. The minimum Gasteiger partial charge on any atom is -0.497 e. The highest BCUT2D eigenvalue weighted by molar-refractivity contribution is 6.33. The van der Waals surface area contributed by atoms with Crippen LogP contribution in [0.4, 0.5) is 5.69 Å². The Balaban J connectivity index is 2.56. The highest BCUT2D eigenvalue weighted by atomic mass is 35.5. The van der Waals surface area contributed by atoms with Gasteiger partial charge in [0.05, 0.1) is 17.8 Å². The first-order valence-electron chi connectivity index (χ1n) is 6.81. The number of carbonyl (C=O) groups is 1. The number of carbonyl (C=O) groups excluding carboxylic acids is 1. The lowest BCUT2D eigenvalue weighted by molar-refractivity contribution is -0.121. The zero-order valence-corrected chi connectivity index (χ0v) is 13.3. The average Bonchev–Trinajstić information content (AvgIpc) is 2.40. The van der Waals surface area contributed by atoms with E-state index in [-0.39, 0.29) is 11.9 Å². The predicted molar refractivity (Wildman–Crippen MR) is 83.6 cm³/mol. The van der Waals surface area contributed by atoms with Gasteiger partial charge in [-0.15, -0.1) is 0 Å². The zero-order valence-electron chi connectivity index (χ0n) is 12.5. The summed E-state index contributed by atoms with van der Waals surface area (Å²) in [7, 11) is 1.59. The molecule has 0 aromatic heterocycles. The Morgan fingerprint density at radius 1 is 1.35 bits per heavy atom. The molecule has 4 nitrogen and oxygen atoms in total. The number of halogens is 1. The van der Waals surface area contributed by atoms with Crippen LogP contribution in [0.1, 0.15) is 27.2 Å². The van der Waals surface area contributed by atoms with E-state index in [0.29, 0.717) is 28.9 Å². The predicted octanol–water partition coefficient (Wildman–Crippen LogP) is 3.31. The first kappa shape index (κ1) is 16.6. The number of hydrogen-bond acceptors (Lipinski definition) is 3. The van der Waals surface area contributed by atoms with Crippen LogP contribution in [0.2, 0.25) is 5.02 Å². The van der Waals surface area contributed by atoms with Gasteiger partial charge in [-0.2, -0.15) is 0 Å². The van der Waals surface area contributed by atoms with Crippen LogP contribution in [0.5, 0.6) is 5.75 Å². The molecule has 112 valence electrons. The monoisotopic (exact) mass is 298 g/mol. The summed E-state index contributed by atoms with van der Waals surface area (Å²) >= 11 is 6.10. The molecule has 5 heteroatoms. The van der Waals surface area contributed by atoms with Crippen LogP contribution >= 0.6 is 11.6 Å². The summed E-state index contributed by atoms with van der Waals surface area (Å²) in [5.41, 5.74) is 0.692. The number of anilines is 1. The molecule has 1 rings (SSSR count). The maximum Gasteiger partial charge on any atom is 0.242 e. The summed E-state index contributed by atoms with van der Waals surface area (Å²) in [6, 6.07) is 4.94. The molecule has 0 aliphatic heterocycles. The molecule has 2 N–H and O–H groups in total. The van der Waals surface area contributed by atoms with E-state index < -0.39 is 0 Å². The van der Waals surface area contributed by atoms with Gasteiger partial charge in [0.2, 0.25) is 5.91 Å². The van der Waals surface area contributed by atoms with E-state index in [9.17, 15) is 4.79 Å². The fourth-order valence-corrected chi connectivity index (χ4v) is 1.85. The van der Waals surface area contributed by atoms with Crippen LogP contribution in [0.25, 0.3) is 0 Å². The van der Waals surface area contributed by atoms with E-state index in [1.54, 1.807) is 32.2 Å². The Morgan fingerprint density at radius 2 is 2.05 bits per heavy atom. The van der Waals surface area contributed by atoms with E-state index in [0.717, 1.165) is 6.42 Å². The quantitative estimate of drug-likeness (QED) is 0.812. The Morgan fingerprint density at radius 3 is 2.65 bits per heavy atom. The summed E-state index contributed by atoms with van der Waals surface area (Å²) in [5.74, 6) is 1.24. The Hall–Kier alpha value is -1.42. The van der Waals surface area contributed by atoms with Gasteiger partial charge in [-0.1, -0.05) is 25.4 Å². The van der Waals surface area contributed by atoms with Crippen molar-refractivity contribution in [1.82, 2.24) is 5.32 Å². The van der Waals surface area contributed by atoms with Gasteiger partial charge in [0.25, 0.3) is 0 Å². The van der Waals surface area contributed by atoms with Gasteiger partial charge in [-0.3, -0.25) is 4.79 Å². The number of benzene rings is 1. The highest BCUT2D eigenvalue weighted by Crippen LogP contribution is 2.27. The minimum absolute atomic E-state index is 0.0375. The summed E-state index contributed by atoms with van der Waals surface area (Å²) < 4.78 is 5.14. The Bertz CT molecular complexity index is 449. The maximum atomic E-state index is 11.9. The first-order chi connectivity index (χ1) is 9.43. The number of ether oxygens (including phenoxy) is 1. The van der Waals surface area contributed by atoms with Gasteiger partial charge in [-0.25, -0.2) is 0 Å². The second-order valence-corrected chi connectivity index (χ2v) is 5.59. The lowest BCUT2D eigenvalue weighted by atomic mass is 10.1. The van der Waals surface area contributed by atoms with Crippen LogP contribution in [0.3, 0.4) is 0 Å². The molecule has 0 aliphatic carbocycles. The van der Waals surface area contributed by atoms with Crippen molar-refractivity contribution in [2.45, 2.75) is 33.2 Å². The molecular formula is C15H23ClN2O2.